The van der Waals surface area contributed by atoms with E-state index in [0.29, 0.717) is 6.04 Å². The van der Waals surface area contributed by atoms with Gasteiger partial charge in [0, 0.05) is 12.6 Å². The third kappa shape index (κ3) is 6.30. The maximum atomic E-state index is 5.65. The highest BCUT2D eigenvalue weighted by Crippen LogP contribution is 2.12. The number of hydrogen-bond acceptors (Lipinski definition) is 2. The first kappa shape index (κ1) is 13.2. The van der Waals surface area contributed by atoms with Crippen LogP contribution in [0.4, 0.5) is 0 Å². The van der Waals surface area contributed by atoms with Crippen molar-refractivity contribution in [2.45, 2.75) is 51.7 Å². The van der Waals surface area contributed by atoms with Crippen LogP contribution in [0.3, 0.4) is 0 Å². The molecule has 0 aliphatic carbocycles. The molecule has 1 aliphatic rings. The molecule has 1 saturated heterocycles. The van der Waals surface area contributed by atoms with E-state index in [2.05, 4.69) is 26.1 Å². The fourth-order valence-electron chi connectivity index (χ4n) is 1.51. The molecule has 0 aromatic heterocycles. The van der Waals surface area contributed by atoms with Gasteiger partial charge in [-0.15, -0.1) is 12.4 Å². The molecule has 1 atom stereocenters. The second kappa shape index (κ2) is 5.84. The van der Waals surface area contributed by atoms with Crippen molar-refractivity contribution in [3.8, 4) is 0 Å². The van der Waals surface area contributed by atoms with Gasteiger partial charge in [-0.1, -0.05) is 0 Å². The lowest BCUT2D eigenvalue weighted by Crippen LogP contribution is -2.26. The van der Waals surface area contributed by atoms with Crippen molar-refractivity contribution < 1.29 is 4.74 Å². The lowest BCUT2D eigenvalue weighted by atomic mass is 10.1. The van der Waals surface area contributed by atoms with Crippen LogP contribution in [0.15, 0.2) is 0 Å². The fraction of sp³-hybridized carbons (Fsp3) is 1.00. The molecule has 0 spiro atoms. The van der Waals surface area contributed by atoms with Gasteiger partial charge in [0.1, 0.15) is 0 Å². The highest BCUT2D eigenvalue weighted by atomic mass is 35.5. The molecule has 0 radical (unpaired) electrons. The van der Waals surface area contributed by atoms with Gasteiger partial charge in [-0.05, 0) is 46.6 Å². The van der Waals surface area contributed by atoms with E-state index in [1.807, 2.05) is 0 Å². The first-order chi connectivity index (χ1) is 5.58. The van der Waals surface area contributed by atoms with Crippen molar-refractivity contribution in [1.29, 1.82) is 0 Å². The van der Waals surface area contributed by atoms with Gasteiger partial charge in [-0.25, -0.2) is 0 Å². The van der Waals surface area contributed by atoms with E-state index in [1.54, 1.807) is 0 Å². The molecular formula is C10H22ClNO. The Bertz CT molecular complexity index is 127. The van der Waals surface area contributed by atoms with Crippen LogP contribution < -0.4 is 5.32 Å². The average molecular weight is 208 g/mol. The second-order valence-corrected chi connectivity index (χ2v) is 4.54. The Hall–Kier alpha value is 0.210. The standard InChI is InChI=1S/C10H21NO.ClH/c1-10(2,3)12-8-6-9-5-4-7-11-9;/h9,11H,4-8H2,1-3H3;1H. The number of halogens is 1. The van der Waals surface area contributed by atoms with Crippen LogP contribution in [-0.2, 0) is 4.74 Å². The minimum absolute atomic E-state index is 0. The molecule has 0 aromatic carbocycles. The van der Waals surface area contributed by atoms with Gasteiger partial charge in [-0.2, -0.15) is 0 Å². The fourth-order valence-corrected chi connectivity index (χ4v) is 1.51. The number of rotatable bonds is 3. The molecule has 1 heterocycles. The molecule has 1 N–H and O–H groups in total. The zero-order valence-electron chi connectivity index (χ0n) is 8.93. The molecule has 2 nitrogen and oxygen atoms in total. The van der Waals surface area contributed by atoms with Crippen LogP contribution in [0.2, 0.25) is 0 Å². The minimum atomic E-state index is 0. The molecule has 1 fully saturated rings. The summed E-state index contributed by atoms with van der Waals surface area (Å²) in [4.78, 5) is 0. The molecule has 0 aromatic rings. The van der Waals surface area contributed by atoms with Gasteiger partial charge < -0.3 is 10.1 Å². The Kier molecular flexibility index (Phi) is 5.93. The maximum absolute atomic E-state index is 5.65. The first-order valence-corrected chi connectivity index (χ1v) is 4.95. The lowest BCUT2D eigenvalue weighted by molar-refractivity contribution is -0.00656. The summed E-state index contributed by atoms with van der Waals surface area (Å²) in [6.45, 7) is 8.40. The quantitative estimate of drug-likeness (QED) is 0.768. The highest BCUT2D eigenvalue weighted by molar-refractivity contribution is 5.85. The topological polar surface area (TPSA) is 21.3 Å². The molecule has 13 heavy (non-hydrogen) atoms. The van der Waals surface area contributed by atoms with Crippen LogP contribution in [0.5, 0.6) is 0 Å². The van der Waals surface area contributed by atoms with E-state index < -0.39 is 0 Å². The van der Waals surface area contributed by atoms with E-state index in [0.717, 1.165) is 13.0 Å². The van der Waals surface area contributed by atoms with Gasteiger partial charge in [-0.3, -0.25) is 0 Å². The van der Waals surface area contributed by atoms with Gasteiger partial charge in [0.15, 0.2) is 0 Å². The third-order valence-corrected chi connectivity index (χ3v) is 2.16. The van der Waals surface area contributed by atoms with Gasteiger partial charge in [0.05, 0.1) is 5.60 Å². The molecule has 80 valence electrons. The Labute approximate surface area is 87.8 Å². The van der Waals surface area contributed by atoms with E-state index >= 15 is 0 Å². The third-order valence-electron chi connectivity index (χ3n) is 2.16. The molecule has 0 amide bonds. The smallest absolute Gasteiger partial charge is 0.0598 e. The number of ether oxygens (including phenoxy) is 1. The lowest BCUT2D eigenvalue weighted by Gasteiger charge is -2.20. The van der Waals surface area contributed by atoms with Crippen LogP contribution in [0.1, 0.15) is 40.0 Å². The number of nitrogens with one attached hydrogen (secondary N) is 1. The van der Waals surface area contributed by atoms with Crippen molar-refractivity contribution in [3.63, 3.8) is 0 Å². The number of hydrogen-bond donors (Lipinski definition) is 1. The average Bonchev–Trinajstić information content (AvgIpc) is 2.36. The highest BCUT2D eigenvalue weighted by Gasteiger charge is 2.15. The Balaban J connectivity index is 0.00000144. The second-order valence-electron chi connectivity index (χ2n) is 4.54. The van der Waals surface area contributed by atoms with Crippen molar-refractivity contribution >= 4 is 12.4 Å². The predicted molar refractivity (Wildman–Crippen MR) is 58.6 cm³/mol. The molecule has 1 aliphatic heterocycles. The Morgan fingerprint density at radius 2 is 2.08 bits per heavy atom. The summed E-state index contributed by atoms with van der Waals surface area (Å²) in [5.41, 5.74) is 0.0264. The summed E-state index contributed by atoms with van der Waals surface area (Å²) in [5, 5.41) is 3.46. The normalized spacial score (nSPS) is 22.8. The SMILES string of the molecule is CC(C)(C)OCCC1CCCN1.Cl. The summed E-state index contributed by atoms with van der Waals surface area (Å²) in [6, 6.07) is 0.715. The Morgan fingerprint density at radius 3 is 2.54 bits per heavy atom. The van der Waals surface area contributed by atoms with Crippen molar-refractivity contribution in [1.82, 2.24) is 5.32 Å². The molecule has 0 saturated carbocycles. The van der Waals surface area contributed by atoms with E-state index in [4.69, 9.17) is 4.74 Å². The Morgan fingerprint density at radius 1 is 1.38 bits per heavy atom. The van der Waals surface area contributed by atoms with Crippen LogP contribution in [0.25, 0.3) is 0 Å². The molecular weight excluding hydrogens is 186 g/mol. The summed E-state index contributed by atoms with van der Waals surface area (Å²) < 4.78 is 5.65. The van der Waals surface area contributed by atoms with Gasteiger partial charge in [0.2, 0.25) is 0 Å². The van der Waals surface area contributed by atoms with Crippen LogP contribution >= 0.6 is 12.4 Å². The minimum Gasteiger partial charge on any atom is -0.376 e. The van der Waals surface area contributed by atoms with Crippen molar-refractivity contribution in [2.75, 3.05) is 13.2 Å². The zero-order valence-corrected chi connectivity index (χ0v) is 9.75. The van der Waals surface area contributed by atoms with Crippen molar-refractivity contribution in [2.24, 2.45) is 0 Å². The predicted octanol–water partition coefficient (Wildman–Crippen LogP) is 2.37. The maximum Gasteiger partial charge on any atom is 0.0598 e. The van der Waals surface area contributed by atoms with Gasteiger partial charge >= 0.3 is 0 Å². The summed E-state index contributed by atoms with van der Waals surface area (Å²) >= 11 is 0. The monoisotopic (exact) mass is 207 g/mol. The molecule has 0 bridgehead atoms. The summed E-state index contributed by atoms with van der Waals surface area (Å²) in [6.07, 6.45) is 3.82. The zero-order chi connectivity index (χ0) is 9.03. The summed E-state index contributed by atoms with van der Waals surface area (Å²) in [7, 11) is 0. The first-order valence-electron chi connectivity index (χ1n) is 4.95. The van der Waals surface area contributed by atoms with Crippen LogP contribution in [-0.4, -0.2) is 24.8 Å². The van der Waals surface area contributed by atoms with Gasteiger partial charge in [0.25, 0.3) is 0 Å². The molecule has 3 heteroatoms. The summed E-state index contributed by atoms with van der Waals surface area (Å²) in [5.74, 6) is 0. The van der Waals surface area contributed by atoms with Crippen molar-refractivity contribution in [3.05, 3.63) is 0 Å². The molecule has 1 unspecified atom stereocenters. The van der Waals surface area contributed by atoms with E-state index in [9.17, 15) is 0 Å². The largest absolute Gasteiger partial charge is 0.376 e. The van der Waals surface area contributed by atoms with E-state index in [1.165, 1.54) is 19.4 Å². The van der Waals surface area contributed by atoms with E-state index in [-0.39, 0.29) is 18.0 Å². The molecule has 1 rings (SSSR count). The van der Waals surface area contributed by atoms with Crippen LogP contribution in [0, 0.1) is 0 Å².